The van der Waals surface area contributed by atoms with E-state index in [4.69, 9.17) is 5.26 Å². The lowest BCUT2D eigenvalue weighted by molar-refractivity contribution is 0.540. The van der Waals surface area contributed by atoms with Crippen molar-refractivity contribution in [1.82, 2.24) is 0 Å². The quantitative estimate of drug-likeness (QED) is 0.334. The summed E-state index contributed by atoms with van der Waals surface area (Å²) in [5, 5.41) is 10.0. The fraction of sp³-hybridized carbons (Fsp3) is 0.0625. The number of nitriles is 1. The molecule has 2 rings (SSSR count). The molecule has 0 heterocycles. The van der Waals surface area contributed by atoms with Gasteiger partial charge in [0.15, 0.2) is 0 Å². The first-order valence-electron chi connectivity index (χ1n) is 5.95. The molecule has 0 unspecified atom stereocenters. The molecular weight excluding hydrogens is 314 g/mol. The predicted octanol–water partition coefficient (Wildman–Crippen LogP) is 4.52. The lowest BCUT2D eigenvalue weighted by Crippen LogP contribution is -1.91. The smallest absolute Gasteiger partial charge is 0.142 e. The van der Waals surface area contributed by atoms with Crippen molar-refractivity contribution in [3.8, 4) is 17.2 Å². The van der Waals surface area contributed by atoms with E-state index in [2.05, 4.69) is 11.8 Å². The summed E-state index contributed by atoms with van der Waals surface area (Å²) in [5.74, 6) is 1.54. The molecule has 22 heavy (non-hydrogen) atoms. The minimum atomic E-state index is -0.919. The Morgan fingerprint density at radius 3 is 1.64 bits per heavy atom. The van der Waals surface area contributed by atoms with E-state index in [-0.39, 0.29) is 16.7 Å². The highest BCUT2D eigenvalue weighted by Crippen LogP contribution is 2.25. The van der Waals surface area contributed by atoms with Crippen LogP contribution in [0.25, 0.3) is 0 Å². The summed E-state index contributed by atoms with van der Waals surface area (Å²) in [6.45, 7) is 1.29. The summed E-state index contributed by atoms with van der Waals surface area (Å²) in [4.78, 5) is -0.416. The molecule has 0 aliphatic carbocycles. The van der Waals surface area contributed by atoms with Crippen LogP contribution in [0.2, 0.25) is 0 Å². The van der Waals surface area contributed by atoms with Crippen LogP contribution in [0.4, 0.5) is 17.6 Å². The maximum atomic E-state index is 13.6. The molecule has 1 nitrogen and oxygen atoms in total. The Balaban J connectivity index is 2.39. The van der Waals surface area contributed by atoms with Gasteiger partial charge in [-0.15, -0.1) is 0 Å². The Morgan fingerprint density at radius 1 is 0.818 bits per heavy atom. The molecule has 0 bridgehead atoms. The Labute approximate surface area is 128 Å². The highest BCUT2D eigenvalue weighted by Gasteiger charge is 2.11. The molecule has 0 radical (unpaired) electrons. The summed E-state index contributed by atoms with van der Waals surface area (Å²) in [7, 11) is 0. The van der Waals surface area contributed by atoms with E-state index in [0.29, 0.717) is 11.8 Å². The van der Waals surface area contributed by atoms with Crippen molar-refractivity contribution in [1.29, 1.82) is 5.26 Å². The topological polar surface area (TPSA) is 23.8 Å². The van der Waals surface area contributed by atoms with E-state index in [0.717, 1.165) is 24.3 Å². The van der Waals surface area contributed by atoms with Crippen molar-refractivity contribution in [2.24, 2.45) is 0 Å². The van der Waals surface area contributed by atoms with Crippen LogP contribution in [0.3, 0.4) is 0 Å². The number of hydrogen-bond donors (Lipinski definition) is 0. The normalized spacial score (nSPS) is 9.82. The largest absolute Gasteiger partial charge is 0.207 e. The van der Waals surface area contributed by atoms with E-state index in [1.54, 1.807) is 5.40 Å². The summed E-state index contributed by atoms with van der Waals surface area (Å²) in [6, 6.07) is 3.99. The Kier molecular flexibility index (Phi) is 4.75. The predicted molar refractivity (Wildman–Crippen MR) is 74.9 cm³/mol. The third-order valence-corrected chi connectivity index (χ3v) is 3.46. The standard InChI is InChI=1S/C16H7F4NS/c1-9-12(17)4-10(5-13(9)18)2-3-11-6-14(19)16(22-8-21)15(20)7-11/h4-7H,1H3. The summed E-state index contributed by atoms with van der Waals surface area (Å²) < 4.78 is 54.0. The van der Waals surface area contributed by atoms with Gasteiger partial charge in [-0.05, 0) is 43.0 Å². The summed E-state index contributed by atoms with van der Waals surface area (Å²) in [5.41, 5.74) is -0.0731. The SMILES string of the molecule is Cc1c(F)cc(C#Cc2cc(F)c(SC#N)c(F)c2)cc1F. The number of halogens is 4. The number of thiocyanates is 1. The van der Waals surface area contributed by atoms with Crippen molar-refractivity contribution in [3.05, 3.63) is 64.2 Å². The van der Waals surface area contributed by atoms with Crippen molar-refractivity contribution in [2.75, 3.05) is 0 Å². The number of benzene rings is 2. The molecule has 0 aromatic heterocycles. The highest BCUT2D eigenvalue weighted by molar-refractivity contribution is 8.03. The zero-order valence-corrected chi connectivity index (χ0v) is 12.0. The fourth-order valence-corrected chi connectivity index (χ4v) is 2.04. The Bertz CT molecular complexity index is 797. The Hall–Kier alpha value is -2.44. The molecule has 6 heteroatoms. The van der Waals surface area contributed by atoms with Gasteiger partial charge >= 0.3 is 0 Å². The maximum Gasteiger partial charge on any atom is 0.142 e. The summed E-state index contributed by atoms with van der Waals surface area (Å²) >= 11 is 0.365. The molecule has 2 aromatic rings. The second-order valence-corrected chi connectivity index (χ2v) is 5.07. The number of thioether (sulfide) groups is 1. The summed E-state index contributed by atoms with van der Waals surface area (Å²) in [6.07, 6.45) is 0. The van der Waals surface area contributed by atoms with E-state index in [1.165, 1.54) is 6.92 Å². The van der Waals surface area contributed by atoms with Crippen LogP contribution in [0.15, 0.2) is 29.2 Å². The molecule has 0 N–H and O–H groups in total. The van der Waals surface area contributed by atoms with Crippen molar-refractivity contribution < 1.29 is 17.6 Å². The van der Waals surface area contributed by atoms with Gasteiger partial charge in [0, 0.05) is 16.7 Å². The molecule has 0 aliphatic rings. The zero-order chi connectivity index (χ0) is 16.3. The van der Waals surface area contributed by atoms with Gasteiger partial charge in [-0.2, -0.15) is 5.26 Å². The van der Waals surface area contributed by atoms with Crippen molar-refractivity contribution in [3.63, 3.8) is 0 Å². The van der Waals surface area contributed by atoms with E-state index in [1.807, 2.05) is 0 Å². The third-order valence-electron chi connectivity index (χ3n) is 2.78. The average Bonchev–Trinajstić information content (AvgIpc) is 2.46. The van der Waals surface area contributed by atoms with Gasteiger partial charge in [-0.1, -0.05) is 11.8 Å². The molecule has 0 saturated heterocycles. The molecule has 0 aliphatic heterocycles. The van der Waals surface area contributed by atoms with E-state index >= 15 is 0 Å². The molecule has 2 aromatic carbocycles. The van der Waals surface area contributed by atoms with Gasteiger partial charge < -0.3 is 0 Å². The zero-order valence-electron chi connectivity index (χ0n) is 11.2. The van der Waals surface area contributed by atoms with Crippen LogP contribution < -0.4 is 0 Å². The van der Waals surface area contributed by atoms with Gasteiger partial charge in [-0.25, -0.2) is 17.6 Å². The van der Waals surface area contributed by atoms with Crippen LogP contribution in [0.5, 0.6) is 0 Å². The first-order valence-corrected chi connectivity index (χ1v) is 6.76. The van der Waals surface area contributed by atoms with Crippen LogP contribution in [0, 0.1) is 52.7 Å². The van der Waals surface area contributed by atoms with Gasteiger partial charge in [0.25, 0.3) is 0 Å². The molecule has 0 atom stereocenters. The number of rotatable bonds is 1. The lowest BCUT2D eigenvalue weighted by atomic mass is 10.1. The lowest BCUT2D eigenvalue weighted by Gasteiger charge is -2.01. The molecular formula is C16H7F4NS. The van der Waals surface area contributed by atoms with E-state index < -0.39 is 28.2 Å². The first kappa shape index (κ1) is 15.9. The fourth-order valence-electron chi connectivity index (χ4n) is 1.64. The molecule has 0 spiro atoms. The van der Waals surface area contributed by atoms with Crippen molar-refractivity contribution in [2.45, 2.75) is 11.8 Å². The van der Waals surface area contributed by atoms with Crippen LogP contribution in [-0.4, -0.2) is 0 Å². The molecule has 110 valence electrons. The third kappa shape index (κ3) is 3.41. The molecule has 0 amide bonds. The van der Waals surface area contributed by atoms with Gasteiger partial charge in [0.1, 0.15) is 28.7 Å². The minimum absolute atomic E-state index is 0.00122. The van der Waals surface area contributed by atoms with Gasteiger partial charge in [0.05, 0.1) is 4.90 Å². The second kappa shape index (κ2) is 6.55. The number of hydrogen-bond acceptors (Lipinski definition) is 2. The number of nitrogens with zero attached hydrogens (tertiary/aromatic N) is 1. The monoisotopic (exact) mass is 321 g/mol. The van der Waals surface area contributed by atoms with Gasteiger partial charge in [-0.3, -0.25) is 0 Å². The van der Waals surface area contributed by atoms with Crippen LogP contribution >= 0.6 is 11.8 Å². The minimum Gasteiger partial charge on any atom is -0.207 e. The molecule has 0 saturated carbocycles. The second-order valence-electron chi connectivity index (χ2n) is 4.28. The highest BCUT2D eigenvalue weighted by atomic mass is 32.2. The van der Waals surface area contributed by atoms with Crippen LogP contribution in [0.1, 0.15) is 16.7 Å². The van der Waals surface area contributed by atoms with Crippen LogP contribution in [-0.2, 0) is 0 Å². The average molecular weight is 321 g/mol. The van der Waals surface area contributed by atoms with E-state index in [9.17, 15) is 17.6 Å². The van der Waals surface area contributed by atoms with Gasteiger partial charge in [0.2, 0.25) is 0 Å². The first-order chi connectivity index (χ1) is 10.4. The Morgan fingerprint density at radius 2 is 1.23 bits per heavy atom. The molecule has 0 fully saturated rings. The maximum absolute atomic E-state index is 13.6. The van der Waals surface area contributed by atoms with Crippen molar-refractivity contribution >= 4 is 11.8 Å².